The van der Waals surface area contributed by atoms with Gasteiger partial charge in [0, 0.05) is 4.47 Å². The Balaban J connectivity index is 3.47. The first-order valence-electron chi connectivity index (χ1n) is 4.25. The summed E-state index contributed by atoms with van der Waals surface area (Å²) in [7, 11) is 0. The molecule has 0 aliphatic rings. The Morgan fingerprint density at radius 3 is 2.47 bits per heavy atom. The highest BCUT2D eigenvalue weighted by molar-refractivity contribution is 9.10. The van der Waals surface area contributed by atoms with Gasteiger partial charge in [-0.3, -0.25) is 4.79 Å². The third-order valence-corrected chi connectivity index (χ3v) is 2.46. The van der Waals surface area contributed by atoms with Crippen LogP contribution in [0.25, 0.3) is 0 Å². The SMILES string of the molecule is CC(=O)c1c(Br)ccc(C#N)c1OC(F)(F)F. The molecule has 0 bridgehead atoms. The van der Waals surface area contributed by atoms with Gasteiger partial charge < -0.3 is 4.74 Å². The summed E-state index contributed by atoms with van der Waals surface area (Å²) in [5.74, 6) is -1.41. The van der Waals surface area contributed by atoms with E-state index >= 15 is 0 Å². The van der Waals surface area contributed by atoms with Crippen molar-refractivity contribution >= 4 is 21.7 Å². The number of Topliss-reactive ketones (excluding diaryl/α,β-unsaturated/α-hetero) is 1. The number of nitriles is 1. The molecule has 0 unspecified atom stereocenters. The van der Waals surface area contributed by atoms with E-state index in [9.17, 15) is 18.0 Å². The van der Waals surface area contributed by atoms with E-state index in [1.807, 2.05) is 0 Å². The lowest BCUT2D eigenvalue weighted by Gasteiger charge is -2.14. The first kappa shape index (κ1) is 13.5. The van der Waals surface area contributed by atoms with Gasteiger partial charge in [0.05, 0.1) is 11.1 Å². The average Bonchev–Trinajstić information content (AvgIpc) is 2.15. The van der Waals surface area contributed by atoms with E-state index in [-0.39, 0.29) is 15.6 Å². The number of rotatable bonds is 2. The molecule has 0 saturated carbocycles. The van der Waals surface area contributed by atoms with Crippen molar-refractivity contribution in [2.24, 2.45) is 0 Å². The second kappa shape index (κ2) is 4.75. The predicted octanol–water partition coefficient (Wildman–Crippen LogP) is 3.42. The normalized spacial score (nSPS) is 10.8. The summed E-state index contributed by atoms with van der Waals surface area (Å²) in [5, 5.41) is 8.69. The maximum atomic E-state index is 12.2. The van der Waals surface area contributed by atoms with Crippen LogP contribution in [0.3, 0.4) is 0 Å². The summed E-state index contributed by atoms with van der Waals surface area (Å²) in [4.78, 5) is 11.3. The quantitative estimate of drug-likeness (QED) is 0.787. The molecule has 17 heavy (non-hydrogen) atoms. The number of hydrogen-bond acceptors (Lipinski definition) is 3. The predicted molar refractivity (Wildman–Crippen MR) is 55.5 cm³/mol. The van der Waals surface area contributed by atoms with Gasteiger partial charge in [-0.2, -0.15) is 5.26 Å². The van der Waals surface area contributed by atoms with Crippen LogP contribution < -0.4 is 4.74 Å². The monoisotopic (exact) mass is 307 g/mol. The van der Waals surface area contributed by atoms with Gasteiger partial charge in [0.1, 0.15) is 6.07 Å². The molecule has 0 N–H and O–H groups in total. The van der Waals surface area contributed by atoms with Crippen molar-refractivity contribution in [1.29, 1.82) is 5.26 Å². The fraction of sp³-hybridized carbons (Fsp3) is 0.200. The van der Waals surface area contributed by atoms with E-state index in [0.717, 1.165) is 13.0 Å². The lowest BCUT2D eigenvalue weighted by atomic mass is 10.1. The zero-order valence-corrected chi connectivity index (χ0v) is 10.0. The molecule has 90 valence electrons. The Kier molecular flexibility index (Phi) is 3.78. The van der Waals surface area contributed by atoms with Crippen LogP contribution in [-0.4, -0.2) is 12.1 Å². The molecule has 1 aromatic rings. The molecule has 0 aliphatic heterocycles. The van der Waals surface area contributed by atoms with Gasteiger partial charge in [0.25, 0.3) is 0 Å². The molecule has 0 radical (unpaired) electrons. The van der Waals surface area contributed by atoms with Gasteiger partial charge in [-0.05, 0) is 35.0 Å². The number of benzene rings is 1. The van der Waals surface area contributed by atoms with E-state index < -0.39 is 17.9 Å². The summed E-state index contributed by atoms with van der Waals surface area (Å²) in [5.41, 5.74) is -0.655. The number of halogens is 4. The summed E-state index contributed by atoms with van der Waals surface area (Å²) >= 11 is 2.94. The van der Waals surface area contributed by atoms with Crippen LogP contribution in [0.1, 0.15) is 22.8 Å². The van der Waals surface area contributed by atoms with Gasteiger partial charge in [-0.1, -0.05) is 0 Å². The lowest BCUT2D eigenvalue weighted by Crippen LogP contribution is -2.19. The van der Waals surface area contributed by atoms with Crippen LogP contribution in [0.2, 0.25) is 0 Å². The minimum atomic E-state index is -4.96. The van der Waals surface area contributed by atoms with Gasteiger partial charge >= 0.3 is 6.36 Å². The highest BCUT2D eigenvalue weighted by Gasteiger charge is 2.34. The van der Waals surface area contributed by atoms with Crippen molar-refractivity contribution in [3.8, 4) is 11.8 Å². The summed E-state index contributed by atoms with van der Waals surface area (Å²) in [6, 6.07) is 4.00. The second-order valence-electron chi connectivity index (χ2n) is 3.01. The number of carbonyl (C=O) groups is 1. The van der Waals surface area contributed by atoms with Crippen LogP contribution >= 0.6 is 15.9 Å². The van der Waals surface area contributed by atoms with E-state index in [4.69, 9.17) is 5.26 Å². The van der Waals surface area contributed by atoms with Crippen LogP contribution in [0.5, 0.6) is 5.75 Å². The molecule has 0 spiro atoms. The lowest BCUT2D eigenvalue weighted by molar-refractivity contribution is -0.274. The first-order valence-corrected chi connectivity index (χ1v) is 5.05. The molecule has 0 aliphatic carbocycles. The maximum absolute atomic E-state index is 12.2. The molecule has 0 saturated heterocycles. The molecule has 0 fully saturated rings. The Labute approximate surface area is 103 Å². The molecule has 0 heterocycles. The van der Waals surface area contributed by atoms with Gasteiger partial charge in [-0.15, -0.1) is 13.2 Å². The summed E-state index contributed by atoms with van der Waals surface area (Å²) in [6.45, 7) is 1.09. The van der Waals surface area contributed by atoms with Crippen molar-refractivity contribution in [2.75, 3.05) is 0 Å². The fourth-order valence-electron chi connectivity index (χ4n) is 1.20. The highest BCUT2D eigenvalue weighted by Crippen LogP contribution is 2.34. The standard InChI is InChI=1S/C10H5BrF3NO2/c1-5(16)8-7(11)3-2-6(4-15)9(8)17-10(12,13)14/h2-3H,1H3. The first-order chi connectivity index (χ1) is 7.76. The smallest absolute Gasteiger partial charge is 0.404 e. The molecule has 1 rings (SSSR count). The van der Waals surface area contributed by atoms with E-state index in [0.29, 0.717) is 0 Å². The molecular formula is C10H5BrF3NO2. The van der Waals surface area contributed by atoms with Crippen LogP contribution in [0.4, 0.5) is 13.2 Å². The van der Waals surface area contributed by atoms with Crippen molar-refractivity contribution in [3.63, 3.8) is 0 Å². The summed E-state index contributed by atoms with van der Waals surface area (Å²) < 4.78 is 40.4. The second-order valence-corrected chi connectivity index (χ2v) is 3.87. The maximum Gasteiger partial charge on any atom is 0.573 e. The van der Waals surface area contributed by atoms with E-state index in [1.54, 1.807) is 6.07 Å². The number of alkyl halides is 3. The highest BCUT2D eigenvalue weighted by atomic mass is 79.9. The summed E-state index contributed by atoms with van der Waals surface area (Å²) in [6.07, 6.45) is -4.96. The Morgan fingerprint density at radius 1 is 1.47 bits per heavy atom. The van der Waals surface area contributed by atoms with Crippen LogP contribution in [0, 0.1) is 11.3 Å². The van der Waals surface area contributed by atoms with Gasteiger partial charge in [0.15, 0.2) is 11.5 Å². The number of carbonyl (C=O) groups excluding carboxylic acids is 1. The number of hydrogen-bond donors (Lipinski definition) is 0. The number of nitrogens with zero attached hydrogens (tertiary/aromatic N) is 1. The third-order valence-electron chi connectivity index (χ3n) is 1.80. The fourth-order valence-corrected chi connectivity index (χ4v) is 1.79. The van der Waals surface area contributed by atoms with Crippen molar-refractivity contribution in [2.45, 2.75) is 13.3 Å². The topological polar surface area (TPSA) is 50.1 Å². The number of ketones is 1. The molecular weight excluding hydrogens is 303 g/mol. The molecule has 3 nitrogen and oxygen atoms in total. The zero-order chi connectivity index (χ0) is 13.2. The van der Waals surface area contributed by atoms with Crippen molar-refractivity contribution in [1.82, 2.24) is 0 Å². The minimum Gasteiger partial charge on any atom is -0.404 e. The Morgan fingerprint density at radius 2 is 2.06 bits per heavy atom. The van der Waals surface area contributed by atoms with Crippen LogP contribution in [0.15, 0.2) is 16.6 Å². The molecule has 1 aromatic carbocycles. The zero-order valence-electron chi connectivity index (χ0n) is 8.43. The van der Waals surface area contributed by atoms with E-state index in [1.165, 1.54) is 6.07 Å². The van der Waals surface area contributed by atoms with Gasteiger partial charge in [0.2, 0.25) is 0 Å². The average molecular weight is 308 g/mol. The van der Waals surface area contributed by atoms with Crippen LogP contribution in [-0.2, 0) is 0 Å². The van der Waals surface area contributed by atoms with Gasteiger partial charge in [-0.25, -0.2) is 0 Å². The molecule has 0 amide bonds. The van der Waals surface area contributed by atoms with Crippen molar-refractivity contribution < 1.29 is 22.7 Å². The van der Waals surface area contributed by atoms with E-state index in [2.05, 4.69) is 20.7 Å². The number of ether oxygens (including phenoxy) is 1. The molecule has 0 atom stereocenters. The third kappa shape index (κ3) is 3.20. The Bertz CT molecular complexity index is 505. The largest absolute Gasteiger partial charge is 0.573 e. The van der Waals surface area contributed by atoms with Crippen molar-refractivity contribution in [3.05, 3.63) is 27.7 Å². The molecule has 7 heteroatoms. The molecule has 0 aromatic heterocycles. The minimum absolute atomic E-state index is 0.142. The Hall–Kier alpha value is -1.55.